The topological polar surface area (TPSA) is 32.7 Å². The molecule has 0 aromatic heterocycles. The Labute approximate surface area is 112 Å². The molecule has 0 saturated heterocycles. The summed E-state index contributed by atoms with van der Waals surface area (Å²) in [5.74, 6) is 1.37. The second kappa shape index (κ2) is 6.88. The predicted molar refractivity (Wildman–Crippen MR) is 73.6 cm³/mol. The zero-order valence-electron chi connectivity index (χ0n) is 12.0. The van der Waals surface area contributed by atoms with Crippen LogP contribution in [0.5, 0.6) is 0 Å². The molecular weight excluding hydrogens is 226 g/mol. The van der Waals surface area contributed by atoms with Crippen molar-refractivity contribution in [3.8, 4) is 0 Å². The van der Waals surface area contributed by atoms with E-state index in [1.165, 1.54) is 32.1 Å². The van der Waals surface area contributed by atoms with Gasteiger partial charge in [-0.15, -0.1) is 0 Å². The Morgan fingerprint density at radius 1 is 1.22 bits per heavy atom. The van der Waals surface area contributed by atoms with E-state index in [0.717, 1.165) is 32.0 Å². The molecule has 0 aromatic carbocycles. The van der Waals surface area contributed by atoms with Crippen LogP contribution in [-0.2, 0) is 4.74 Å². The summed E-state index contributed by atoms with van der Waals surface area (Å²) in [6.07, 6.45) is 7.39. The second-order valence-electron chi connectivity index (χ2n) is 6.18. The first-order valence-electron chi connectivity index (χ1n) is 7.63. The van der Waals surface area contributed by atoms with E-state index in [4.69, 9.17) is 4.74 Å². The Morgan fingerprint density at radius 2 is 1.94 bits per heavy atom. The predicted octanol–water partition coefficient (Wildman–Crippen LogP) is 2.28. The number of nitrogens with zero attached hydrogens (tertiary/aromatic N) is 1. The fourth-order valence-electron chi connectivity index (χ4n) is 3.25. The Kier molecular flexibility index (Phi) is 5.46. The SMILES string of the molecule is COCCN(CC1CCCCC1O)C(C)C1CC1. The fraction of sp³-hybridized carbons (Fsp3) is 1.00. The second-order valence-corrected chi connectivity index (χ2v) is 6.18. The lowest BCUT2D eigenvalue weighted by molar-refractivity contribution is 0.0270. The third-order valence-electron chi connectivity index (χ3n) is 4.80. The molecule has 3 heteroatoms. The number of aliphatic hydroxyl groups is 1. The molecule has 1 N–H and O–H groups in total. The minimum Gasteiger partial charge on any atom is -0.393 e. The number of ether oxygens (including phenoxy) is 1. The van der Waals surface area contributed by atoms with Crippen molar-refractivity contribution in [2.45, 2.75) is 57.6 Å². The number of rotatable bonds is 7. The van der Waals surface area contributed by atoms with Gasteiger partial charge >= 0.3 is 0 Å². The van der Waals surface area contributed by atoms with Crippen LogP contribution in [-0.4, -0.2) is 49.0 Å². The molecule has 3 atom stereocenters. The first kappa shape index (κ1) is 14.3. The van der Waals surface area contributed by atoms with Gasteiger partial charge in [-0.2, -0.15) is 0 Å². The molecule has 0 heterocycles. The summed E-state index contributed by atoms with van der Waals surface area (Å²) < 4.78 is 5.23. The van der Waals surface area contributed by atoms with Crippen LogP contribution in [0.4, 0.5) is 0 Å². The maximum absolute atomic E-state index is 10.1. The molecule has 2 rings (SSSR count). The highest BCUT2D eigenvalue weighted by atomic mass is 16.5. The number of methoxy groups -OCH3 is 1. The molecule has 106 valence electrons. The molecule has 2 aliphatic rings. The van der Waals surface area contributed by atoms with Gasteiger partial charge in [0.2, 0.25) is 0 Å². The van der Waals surface area contributed by atoms with Crippen molar-refractivity contribution in [2.75, 3.05) is 26.8 Å². The molecule has 0 amide bonds. The summed E-state index contributed by atoms with van der Waals surface area (Å²) >= 11 is 0. The van der Waals surface area contributed by atoms with Crippen LogP contribution >= 0.6 is 0 Å². The van der Waals surface area contributed by atoms with Gasteiger partial charge in [0, 0.05) is 26.2 Å². The molecule has 0 bridgehead atoms. The summed E-state index contributed by atoms with van der Waals surface area (Å²) in [5, 5.41) is 10.1. The van der Waals surface area contributed by atoms with Gasteiger partial charge in [0.05, 0.1) is 12.7 Å². The normalized spacial score (nSPS) is 30.7. The van der Waals surface area contributed by atoms with Crippen LogP contribution in [0, 0.1) is 11.8 Å². The maximum atomic E-state index is 10.1. The van der Waals surface area contributed by atoms with Gasteiger partial charge in [0.25, 0.3) is 0 Å². The Morgan fingerprint density at radius 3 is 2.56 bits per heavy atom. The number of aliphatic hydroxyl groups excluding tert-OH is 1. The molecular formula is C15H29NO2. The summed E-state index contributed by atoms with van der Waals surface area (Å²) in [5.41, 5.74) is 0. The molecule has 0 aliphatic heterocycles. The molecule has 2 aliphatic carbocycles. The van der Waals surface area contributed by atoms with E-state index < -0.39 is 0 Å². The van der Waals surface area contributed by atoms with Crippen molar-refractivity contribution < 1.29 is 9.84 Å². The van der Waals surface area contributed by atoms with Crippen LogP contribution in [0.25, 0.3) is 0 Å². The van der Waals surface area contributed by atoms with Gasteiger partial charge in [-0.25, -0.2) is 0 Å². The lowest BCUT2D eigenvalue weighted by atomic mass is 9.86. The van der Waals surface area contributed by atoms with Crippen molar-refractivity contribution in [1.29, 1.82) is 0 Å². The quantitative estimate of drug-likeness (QED) is 0.757. The average molecular weight is 255 g/mol. The number of hydrogen-bond acceptors (Lipinski definition) is 3. The Bertz CT molecular complexity index is 243. The van der Waals surface area contributed by atoms with Crippen molar-refractivity contribution in [2.24, 2.45) is 11.8 Å². The van der Waals surface area contributed by atoms with E-state index in [2.05, 4.69) is 11.8 Å². The molecule has 0 radical (unpaired) electrons. The third kappa shape index (κ3) is 3.94. The van der Waals surface area contributed by atoms with Gasteiger partial charge in [-0.3, -0.25) is 4.90 Å². The van der Waals surface area contributed by atoms with E-state index in [9.17, 15) is 5.11 Å². The molecule has 0 spiro atoms. The Balaban J connectivity index is 1.86. The van der Waals surface area contributed by atoms with Crippen molar-refractivity contribution >= 4 is 0 Å². The van der Waals surface area contributed by atoms with Crippen LogP contribution in [0.1, 0.15) is 45.4 Å². The largest absolute Gasteiger partial charge is 0.393 e. The maximum Gasteiger partial charge on any atom is 0.0589 e. The van der Waals surface area contributed by atoms with Gasteiger partial charge in [0.1, 0.15) is 0 Å². The third-order valence-corrected chi connectivity index (χ3v) is 4.80. The molecule has 3 unspecified atom stereocenters. The van der Waals surface area contributed by atoms with Crippen molar-refractivity contribution in [3.05, 3.63) is 0 Å². The van der Waals surface area contributed by atoms with Crippen molar-refractivity contribution in [1.82, 2.24) is 4.90 Å². The van der Waals surface area contributed by atoms with Gasteiger partial charge in [-0.05, 0) is 44.4 Å². The highest BCUT2D eigenvalue weighted by Gasteiger charge is 2.34. The highest BCUT2D eigenvalue weighted by molar-refractivity contribution is 4.87. The van der Waals surface area contributed by atoms with Crippen molar-refractivity contribution in [3.63, 3.8) is 0 Å². The number of hydrogen-bond donors (Lipinski definition) is 1. The molecule has 18 heavy (non-hydrogen) atoms. The lowest BCUT2D eigenvalue weighted by Crippen LogP contribution is -2.43. The van der Waals surface area contributed by atoms with E-state index in [0.29, 0.717) is 12.0 Å². The zero-order valence-corrected chi connectivity index (χ0v) is 12.0. The lowest BCUT2D eigenvalue weighted by Gasteiger charge is -2.36. The smallest absolute Gasteiger partial charge is 0.0589 e. The van der Waals surface area contributed by atoms with Gasteiger partial charge in [0.15, 0.2) is 0 Å². The van der Waals surface area contributed by atoms with Crippen LogP contribution in [0.2, 0.25) is 0 Å². The van der Waals surface area contributed by atoms with E-state index >= 15 is 0 Å². The monoisotopic (exact) mass is 255 g/mol. The first-order chi connectivity index (χ1) is 8.72. The summed E-state index contributed by atoms with van der Waals surface area (Å²) in [6, 6.07) is 0.661. The zero-order chi connectivity index (χ0) is 13.0. The highest BCUT2D eigenvalue weighted by Crippen LogP contribution is 2.36. The van der Waals surface area contributed by atoms with Gasteiger partial charge < -0.3 is 9.84 Å². The fourth-order valence-corrected chi connectivity index (χ4v) is 3.25. The summed E-state index contributed by atoms with van der Waals surface area (Å²) in [4.78, 5) is 2.56. The molecule has 0 aromatic rings. The minimum absolute atomic E-state index is 0.0739. The Hall–Kier alpha value is -0.120. The molecule has 3 nitrogen and oxygen atoms in total. The van der Waals surface area contributed by atoms with Crippen LogP contribution in [0.3, 0.4) is 0 Å². The van der Waals surface area contributed by atoms with E-state index in [1.807, 2.05) is 0 Å². The summed E-state index contributed by atoms with van der Waals surface area (Å²) in [7, 11) is 1.77. The van der Waals surface area contributed by atoms with Crippen LogP contribution in [0.15, 0.2) is 0 Å². The molecule has 2 saturated carbocycles. The van der Waals surface area contributed by atoms with E-state index in [-0.39, 0.29) is 6.10 Å². The van der Waals surface area contributed by atoms with Crippen LogP contribution < -0.4 is 0 Å². The average Bonchev–Trinajstić information content (AvgIpc) is 3.20. The van der Waals surface area contributed by atoms with E-state index in [1.54, 1.807) is 7.11 Å². The minimum atomic E-state index is -0.0739. The molecule has 2 fully saturated rings. The standard InChI is InChI=1S/C15H29NO2/c1-12(13-7-8-13)16(9-10-18-2)11-14-5-3-4-6-15(14)17/h12-15,17H,3-11H2,1-2H3. The first-order valence-corrected chi connectivity index (χ1v) is 7.63. The summed E-state index contributed by atoms with van der Waals surface area (Å²) in [6.45, 7) is 5.22. The van der Waals surface area contributed by atoms with Gasteiger partial charge in [-0.1, -0.05) is 12.8 Å².